The number of fused-ring (bicyclic) bond motifs is 1. The molecule has 1 aliphatic heterocycles. The van der Waals surface area contributed by atoms with Gasteiger partial charge >= 0.3 is 0 Å². The fourth-order valence-corrected chi connectivity index (χ4v) is 6.11. The SMILES string of the molecule is Cc1ccc(-c2csc3nc(CN4CCC[C@H]4c4cccn4C)[nH]c(=O)c23)s1. The molecule has 0 bridgehead atoms. The highest BCUT2D eigenvalue weighted by molar-refractivity contribution is 7.19. The summed E-state index contributed by atoms with van der Waals surface area (Å²) >= 11 is 3.27. The minimum Gasteiger partial charge on any atom is -0.353 e. The van der Waals surface area contributed by atoms with Gasteiger partial charge in [-0.1, -0.05) is 0 Å². The molecule has 0 amide bonds. The van der Waals surface area contributed by atoms with Gasteiger partial charge in [-0.05, 0) is 50.6 Å². The van der Waals surface area contributed by atoms with E-state index in [-0.39, 0.29) is 5.56 Å². The zero-order valence-electron chi connectivity index (χ0n) is 15.9. The number of aromatic amines is 1. The predicted molar refractivity (Wildman–Crippen MR) is 116 cm³/mol. The Hall–Kier alpha value is -2.22. The van der Waals surface area contributed by atoms with Gasteiger partial charge < -0.3 is 9.55 Å². The average molecular weight is 411 g/mol. The number of aryl methyl sites for hydroxylation is 2. The third-order valence-corrected chi connectivity index (χ3v) is 7.45. The minimum absolute atomic E-state index is 0.0306. The lowest BCUT2D eigenvalue weighted by atomic mass is 10.1. The summed E-state index contributed by atoms with van der Waals surface area (Å²) in [5.74, 6) is 0.759. The number of nitrogens with zero attached hydrogens (tertiary/aromatic N) is 3. The summed E-state index contributed by atoms with van der Waals surface area (Å²) in [6.07, 6.45) is 4.41. The van der Waals surface area contributed by atoms with Crippen LogP contribution in [-0.2, 0) is 13.6 Å². The lowest BCUT2D eigenvalue weighted by Gasteiger charge is -2.24. The van der Waals surface area contributed by atoms with Crippen molar-refractivity contribution in [1.29, 1.82) is 0 Å². The molecule has 0 spiro atoms. The van der Waals surface area contributed by atoms with Crippen LogP contribution in [0.1, 0.15) is 35.3 Å². The molecule has 1 fully saturated rings. The standard InChI is InChI=1S/C21H22N4OS2/c1-13-7-8-17(28-13)14-12-27-21-19(14)20(26)22-18(23-21)11-25-10-4-6-16(25)15-5-3-9-24(15)2/h3,5,7-9,12,16H,4,6,10-11H2,1-2H3,(H,22,23,26)/t16-/m0/s1. The van der Waals surface area contributed by atoms with Crippen LogP contribution in [0, 0.1) is 6.92 Å². The molecule has 0 radical (unpaired) electrons. The molecule has 1 saturated heterocycles. The molecule has 28 heavy (non-hydrogen) atoms. The highest BCUT2D eigenvalue weighted by Crippen LogP contribution is 2.36. The number of thiophene rings is 2. The highest BCUT2D eigenvalue weighted by Gasteiger charge is 2.28. The van der Waals surface area contributed by atoms with Gasteiger partial charge in [-0.3, -0.25) is 9.69 Å². The fraction of sp³-hybridized carbons (Fsp3) is 0.333. The van der Waals surface area contributed by atoms with E-state index in [4.69, 9.17) is 4.98 Å². The maximum atomic E-state index is 12.9. The molecule has 0 saturated carbocycles. The maximum absolute atomic E-state index is 12.9. The molecular formula is C21H22N4OS2. The predicted octanol–water partition coefficient (Wildman–Crippen LogP) is 4.70. The van der Waals surface area contributed by atoms with Gasteiger partial charge in [-0.15, -0.1) is 22.7 Å². The maximum Gasteiger partial charge on any atom is 0.260 e. The van der Waals surface area contributed by atoms with Gasteiger partial charge in [0.25, 0.3) is 5.56 Å². The van der Waals surface area contributed by atoms with Gasteiger partial charge in [0.15, 0.2) is 0 Å². The van der Waals surface area contributed by atoms with Crippen molar-refractivity contribution in [3.05, 3.63) is 62.6 Å². The molecule has 5 nitrogen and oxygen atoms in total. The first-order valence-electron chi connectivity index (χ1n) is 9.52. The van der Waals surface area contributed by atoms with Crippen molar-refractivity contribution < 1.29 is 0 Å². The van der Waals surface area contributed by atoms with E-state index in [0.29, 0.717) is 12.6 Å². The fourth-order valence-electron chi connectivity index (χ4n) is 4.19. The average Bonchev–Trinajstić information content (AvgIpc) is 3.42. The van der Waals surface area contributed by atoms with E-state index in [0.717, 1.165) is 39.4 Å². The van der Waals surface area contributed by atoms with E-state index in [1.165, 1.54) is 17.0 Å². The van der Waals surface area contributed by atoms with E-state index < -0.39 is 0 Å². The van der Waals surface area contributed by atoms with Crippen LogP contribution in [0.3, 0.4) is 0 Å². The van der Waals surface area contributed by atoms with Crippen LogP contribution in [0.4, 0.5) is 0 Å². The van der Waals surface area contributed by atoms with Gasteiger partial charge in [0, 0.05) is 39.6 Å². The van der Waals surface area contributed by atoms with E-state index in [1.807, 2.05) is 0 Å². The smallest absolute Gasteiger partial charge is 0.260 e. The Morgan fingerprint density at radius 3 is 2.96 bits per heavy atom. The van der Waals surface area contributed by atoms with Crippen LogP contribution in [0.15, 0.2) is 40.6 Å². The summed E-state index contributed by atoms with van der Waals surface area (Å²) < 4.78 is 2.19. The molecule has 0 aromatic carbocycles. The van der Waals surface area contributed by atoms with Crippen molar-refractivity contribution in [2.75, 3.05) is 6.54 Å². The lowest BCUT2D eigenvalue weighted by molar-refractivity contribution is 0.235. The first-order valence-corrected chi connectivity index (χ1v) is 11.2. The number of hydrogen-bond acceptors (Lipinski definition) is 5. The van der Waals surface area contributed by atoms with Crippen LogP contribution in [-0.4, -0.2) is 26.0 Å². The van der Waals surface area contributed by atoms with Crippen LogP contribution in [0.25, 0.3) is 20.7 Å². The zero-order chi connectivity index (χ0) is 19.3. The summed E-state index contributed by atoms with van der Waals surface area (Å²) in [7, 11) is 2.09. The summed E-state index contributed by atoms with van der Waals surface area (Å²) in [6, 6.07) is 8.85. The van der Waals surface area contributed by atoms with Crippen molar-refractivity contribution >= 4 is 32.9 Å². The van der Waals surface area contributed by atoms with Gasteiger partial charge in [-0.25, -0.2) is 4.98 Å². The summed E-state index contributed by atoms with van der Waals surface area (Å²) in [5, 5.41) is 2.78. The Bertz CT molecular complexity index is 1200. The molecular weight excluding hydrogens is 388 g/mol. The second kappa shape index (κ2) is 6.99. The second-order valence-electron chi connectivity index (χ2n) is 7.42. The Labute approximate surface area is 171 Å². The van der Waals surface area contributed by atoms with Gasteiger partial charge in [0.1, 0.15) is 10.7 Å². The summed E-state index contributed by atoms with van der Waals surface area (Å²) in [4.78, 5) is 26.4. The Kier molecular flexibility index (Phi) is 4.45. The third kappa shape index (κ3) is 3.03. The van der Waals surface area contributed by atoms with Crippen molar-refractivity contribution in [3.63, 3.8) is 0 Å². The molecule has 144 valence electrons. The molecule has 4 aromatic rings. The molecule has 0 aliphatic carbocycles. The van der Waals surface area contributed by atoms with Crippen molar-refractivity contribution in [2.24, 2.45) is 7.05 Å². The largest absolute Gasteiger partial charge is 0.353 e. The number of aromatic nitrogens is 3. The van der Waals surface area contributed by atoms with E-state index >= 15 is 0 Å². The zero-order valence-corrected chi connectivity index (χ0v) is 17.6. The Morgan fingerprint density at radius 1 is 1.32 bits per heavy atom. The molecule has 1 atom stereocenters. The van der Waals surface area contributed by atoms with Crippen molar-refractivity contribution in [3.8, 4) is 10.4 Å². The molecule has 0 unspecified atom stereocenters. The van der Waals surface area contributed by atoms with Crippen LogP contribution in [0.5, 0.6) is 0 Å². The van der Waals surface area contributed by atoms with Crippen molar-refractivity contribution in [2.45, 2.75) is 32.4 Å². The number of rotatable bonds is 4. The first-order chi connectivity index (χ1) is 13.6. The highest BCUT2D eigenvalue weighted by atomic mass is 32.1. The van der Waals surface area contributed by atoms with E-state index in [2.05, 4.69) is 64.3 Å². The lowest BCUT2D eigenvalue weighted by Crippen LogP contribution is -2.26. The number of likely N-dealkylation sites (tertiary alicyclic amines) is 1. The second-order valence-corrected chi connectivity index (χ2v) is 9.57. The summed E-state index contributed by atoms with van der Waals surface area (Å²) in [6.45, 7) is 3.79. The quantitative estimate of drug-likeness (QED) is 0.531. The number of H-pyrrole nitrogens is 1. The Morgan fingerprint density at radius 2 is 2.21 bits per heavy atom. The Balaban J connectivity index is 1.47. The minimum atomic E-state index is -0.0306. The molecule has 5 heterocycles. The van der Waals surface area contributed by atoms with E-state index in [1.54, 1.807) is 22.7 Å². The molecule has 7 heteroatoms. The third-order valence-electron chi connectivity index (χ3n) is 5.54. The molecule has 5 rings (SSSR count). The topological polar surface area (TPSA) is 53.9 Å². The van der Waals surface area contributed by atoms with E-state index in [9.17, 15) is 4.79 Å². The molecule has 4 aromatic heterocycles. The molecule has 1 aliphatic rings. The number of nitrogens with one attached hydrogen (secondary N) is 1. The van der Waals surface area contributed by atoms with Gasteiger partial charge in [0.05, 0.1) is 18.0 Å². The van der Waals surface area contributed by atoms with Crippen LogP contribution >= 0.6 is 22.7 Å². The first kappa shape index (κ1) is 17.8. The van der Waals surface area contributed by atoms with Gasteiger partial charge in [-0.2, -0.15) is 0 Å². The van der Waals surface area contributed by atoms with Crippen LogP contribution in [0.2, 0.25) is 0 Å². The van der Waals surface area contributed by atoms with Gasteiger partial charge in [0.2, 0.25) is 0 Å². The normalized spacial score (nSPS) is 17.7. The van der Waals surface area contributed by atoms with Crippen LogP contribution < -0.4 is 5.56 Å². The summed E-state index contributed by atoms with van der Waals surface area (Å²) in [5.41, 5.74) is 2.30. The molecule has 1 N–H and O–H groups in total. The number of hydrogen-bond donors (Lipinski definition) is 1. The monoisotopic (exact) mass is 410 g/mol. The van der Waals surface area contributed by atoms with Crippen molar-refractivity contribution in [1.82, 2.24) is 19.4 Å².